The van der Waals surface area contributed by atoms with E-state index in [-0.39, 0.29) is 12.2 Å². The number of aliphatic hydroxyl groups excluding tert-OH is 1. The van der Waals surface area contributed by atoms with E-state index in [1.807, 2.05) is 0 Å². The van der Waals surface area contributed by atoms with Crippen LogP contribution in [-0.2, 0) is 20.8 Å². The third-order valence-electron chi connectivity index (χ3n) is 4.02. The minimum Gasteiger partial charge on any atom is -0.459 e. The first kappa shape index (κ1) is 18.4. The van der Waals surface area contributed by atoms with E-state index in [0.29, 0.717) is 5.56 Å². The highest BCUT2D eigenvalue weighted by Gasteiger charge is 2.60. The molecular formula is C19H18F2O5. The first-order valence-corrected chi connectivity index (χ1v) is 8.07. The molecule has 1 aliphatic heterocycles. The van der Waals surface area contributed by atoms with E-state index in [2.05, 4.69) is 0 Å². The van der Waals surface area contributed by atoms with Gasteiger partial charge in [0.2, 0.25) is 0 Å². The van der Waals surface area contributed by atoms with E-state index >= 15 is 0 Å². The molecule has 0 saturated carbocycles. The summed E-state index contributed by atoms with van der Waals surface area (Å²) in [5.41, 5.74) is 0.931. The van der Waals surface area contributed by atoms with Crippen molar-refractivity contribution in [1.29, 1.82) is 0 Å². The number of esters is 1. The highest BCUT2D eigenvalue weighted by atomic mass is 19.3. The van der Waals surface area contributed by atoms with Crippen LogP contribution in [0, 0.1) is 0 Å². The van der Waals surface area contributed by atoms with Crippen LogP contribution in [0.15, 0.2) is 60.7 Å². The zero-order valence-electron chi connectivity index (χ0n) is 13.8. The van der Waals surface area contributed by atoms with E-state index in [1.54, 1.807) is 48.5 Å². The highest BCUT2D eigenvalue weighted by molar-refractivity contribution is 5.89. The number of carbonyl (C=O) groups excluding carboxylic acids is 1. The summed E-state index contributed by atoms with van der Waals surface area (Å²) in [6.07, 6.45) is -5.44. The third-order valence-corrected chi connectivity index (χ3v) is 4.02. The van der Waals surface area contributed by atoms with Gasteiger partial charge in [0.05, 0.1) is 12.2 Å². The second-order valence-corrected chi connectivity index (χ2v) is 5.87. The molecule has 1 N–H and O–H groups in total. The summed E-state index contributed by atoms with van der Waals surface area (Å²) in [7, 11) is 0. The average Bonchev–Trinajstić information content (AvgIpc) is 2.87. The smallest absolute Gasteiger partial charge is 0.338 e. The minimum atomic E-state index is -3.51. The van der Waals surface area contributed by atoms with Crippen LogP contribution in [0.1, 0.15) is 15.9 Å². The molecule has 1 saturated heterocycles. The first-order valence-electron chi connectivity index (χ1n) is 8.07. The molecule has 1 fully saturated rings. The second kappa shape index (κ2) is 7.90. The maximum atomic E-state index is 14.5. The Bertz CT molecular complexity index is 723. The van der Waals surface area contributed by atoms with Gasteiger partial charge < -0.3 is 19.3 Å². The second-order valence-electron chi connectivity index (χ2n) is 5.87. The molecule has 0 aromatic heterocycles. The van der Waals surface area contributed by atoms with Gasteiger partial charge in [-0.05, 0) is 17.7 Å². The van der Waals surface area contributed by atoms with Crippen LogP contribution in [0.2, 0.25) is 0 Å². The third kappa shape index (κ3) is 4.07. The van der Waals surface area contributed by atoms with Crippen LogP contribution in [-0.4, -0.2) is 42.1 Å². The molecule has 2 aromatic carbocycles. The summed E-state index contributed by atoms with van der Waals surface area (Å²) in [6.45, 7) is -0.791. The van der Waals surface area contributed by atoms with Gasteiger partial charge in [-0.1, -0.05) is 48.5 Å². The summed E-state index contributed by atoms with van der Waals surface area (Å²) < 4.78 is 43.9. The lowest BCUT2D eigenvalue weighted by atomic mass is 10.1. The Morgan fingerprint density at radius 2 is 1.69 bits per heavy atom. The van der Waals surface area contributed by atoms with Crippen LogP contribution >= 0.6 is 0 Å². The maximum Gasteiger partial charge on any atom is 0.338 e. The quantitative estimate of drug-likeness (QED) is 0.799. The van der Waals surface area contributed by atoms with E-state index in [1.165, 1.54) is 12.1 Å². The molecule has 0 spiro atoms. The molecule has 0 radical (unpaired) electrons. The van der Waals surface area contributed by atoms with Gasteiger partial charge in [0.15, 0.2) is 18.5 Å². The van der Waals surface area contributed by atoms with E-state index < -0.39 is 37.0 Å². The standard InChI is InChI=1S/C19H18F2O5/c20-19(21)15(12-25-17(22)14-9-5-2-6-10-14)26-18(23)16(19)24-11-13-7-3-1-4-8-13/h1-10,15-16,18,23H,11-12H2/t15-,16+,18?/m1/s1. The van der Waals surface area contributed by atoms with Crippen molar-refractivity contribution in [2.24, 2.45) is 0 Å². The number of hydrogen-bond acceptors (Lipinski definition) is 5. The monoisotopic (exact) mass is 364 g/mol. The Morgan fingerprint density at radius 3 is 2.35 bits per heavy atom. The Kier molecular flexibility index (Phi) is 5.61. The Balaban J connectivity index is 1.58. The highest BCUT2D eigenvalue weighted by Crippen LogP contribution is 2.38. The molecule has 3 atom stereocenters. The normalized spacial score (nSPS) is 24.3. The topological polar surface area (TPSA) is 65.0 Å². The van der Waals surface area contributed by atoms with Gasteiger partial charge in [-0.2, -0.15) is 0 Å². The first-order chi connectivity index (χ1) is 12.5. The number of alkyl halides is 2. The van der Waals surface area contributed by atoms with Gasteiger partial charge in [0.1, 0.15) is 6.61 Å². The van der Waals surface area contributed by atoms with Crippen molar-refractivity contribution in [3.05, 3.63) is 71.8 Å². The van der Waals surface area contributed by atoms with Gasteiger partial charge in [0.25, 0.3) is 0 Å². The zero-order chi connectivity index (χ0) is 18.6. The average molecular weight is 364 g/mol. The molecule has 0 aliphatic carbocycles. The molecule has 26 heavy (non-hydrogen) atoms. The number of ether oxygens (including phenoxy) is 3. The number of hydrogen-bond donors (Lipinski definition) is 1. The number of aliphatic hydroxyl groups is 1. The van der Waals surface area contributed by atoms with Crippen molar-refractivity contribution >= 4 is 5.97 Å². The van der Waals surface area contributed by atoms with Gasteiger partial charge in [0, 0.05) is 0 Å². The van der Waals surface area contributed by atoms with Crippen LogP contribution in [0.3, 0.4) is 0 Å². The fourth-order valence-corrected chi connectivity index (χ4v) is 2.62. The summed E-state index contributed by atoms with van der Waals surface area (Å²) in [5.74, 6) is -4.25. The predicted molar refractivity (Wildman–Crippen MR) is 87.6 cm³/mol. The van der Waals surface area contributed by atoms with Gasteiger partial charge in [-0.15, -0.1) is 0 Å². The molecule has 1 unspecified atom stereocenters. The van der Waals surface area contributed by atoms with Crippen molar-refractivity contribution in [2.45, 2.75) is 31.0 Å². The minimum absolute atomic E-state index is 0.0992. The summed E-state index contributed by atoms with van der Waals surface area (Å²) in [5, 5.41) is 9.79. The molecule has 0 bridgehead atoms. The van der Waals surface area contributed by atoms with Crippen LogP contribution in [0.4, 0.5) is 8.78 Å². The lowest BCUT2D eigenvalue weighted by molar-refractivity contribution is -0.163. The molecule has 138 valence electrons. The molecule has 1 aliphatic rings. The number of carbonyl (C=O) groups is 1. The molecule has 1 heterocycles. The fourth-order valence-electron chi connectivity index (χ4n) is 2.62. The lowest BCUT2D eigenvalue weighted by Crippen LogP contribution is -2.43. The number of rotatable bonds is 6. The largest absolute Gasteiger partial charge is 0.459 e. The van der Waals surface area contributed by atoms with Crippen molar-refractivity contribution in [1.82, 2.24) is 0 Å². The van der Waals surface area contributed by atoms with Crippen LogP contribution in [0.25, 0.3) is 0 Å². The predicted octanol–water partition coefficient (Wildman–Crippen LogP) is 2.78. The SMILES string of the molecule is O=C(OC[C@H]1OC(O)[C@H](OCc2ccccc2)C1(F)F)c1ccccc1. The molecule has 3 rings (SSSR count). The van der Waals surface area contributed by atoms with Gasteiger partial charge in [-0.3, -0.25) is 0 Å². The molecule has 2 aromatic rings. The summed E-state index contributed by atoms with van der Waals surface area (Å²) in [6, 6.07) is 16.8. The van der Waals surface area contributed by atoms with Crippen molar-refractivity contribution in [3.8, 4) is 0 Å². The summed E-state index contributed by atoms with van der Waals surface area (Å²) in [4.78, 5) is 11.9. The fraction of sp³-hybridized carbons (Fsp3) is 0.316. The molecular weight excluding hydrogens is 346 g/mol. The Morgan fingerprint density at radius 1 is 1.08 bits per heavy atom. The zero-order valence-corrected chi connectivity index (χ0v) is 13.8. The maximum absolute atomic E-state index is 14.5. The summed E-state index contributed by atoms with van der Waals surface area (Å²) >= 11 is 0. The van der Waals surface area contributed by atoms with Crippen LogP contribution in [0.5, 0.6) is 0 Å². The molecule has 7 heteroatoms. The number of benzene rings is 2. The lowest BCUT2D eigenvalue weighted by Gasteiger charge is -2.22. The van der Waals surface area contributed by atoms with Crippen molar-refractivity contribution < 1.29 is 32.9 Å². The van der Waals surface area contributed by atoms with E-state index in [4.69, 9.17) is 14.2 Å². The molecule has 5 nitrogen and oxygen atoms in total. The Hall–Kier alpha value is -2.35. The van der Waals surface area contributed by atoms with Crippen molar-refractivity contribution in [2.75, 3.05) is 6.61 Å². The van der Waals surface area contributed by atoms with E-state index in [0.717, 1.165) is 0 Å². The Labute approximate surface area is 149 Å². The van der Waals surface area contributed by atoms with Gasteiger partial charge in [-0.25, -0.2) is 13.6 Å². The van der Waals surface area contributed by atoms with E-state index in [9.17, 15) is 18.7 Å². The van der Waals surface area contributed by atoms with Gasteiger partial charge >= 0.3 is 11.9 Å². The molecule has 0 amide bonds. The van der Waals surface area contributed by atoms with Crippen molar-refractivity contribution in [3.63, 3.8) is 0 Å². The number of halogens is 2. The van der Waals surface area contributed by atoms with Crippen LogP contribution < -0.4 is 0 Å².